The third-order valence-electron chi connectivity index (χ3n) is 4.57. The van der Waals surface area contributed by atoms with Crippen LogP contribution in [0.15, 0.2) is 36.4 Å². The van der Waals surface area contributed by atoms with Crippen molar-refractivity contribution in [2.75, 3.05) is 26.6 Å². The molecule has 2 aromatic carbocycles. The van der Waals surface area contributed by atoms with Crippen LogP contribution in [0.1, 0.15) is 37.3 Å². The molecule has 2 aromatic rings. The molecule has 0 aliphatic carbocycles. The van der Waals surface area contributed by atoms with Gasteiger partial charge in [-0.2, -0.15) is 0 Å². The molecule has 0 aliphatic heterocycles. The van der Waals surface area contributed by atoms with E-state index >= 15 is 0 Å². The first-order chi connectivity index (χ1) is 14.5. The van der Waals surface area contributed by atoms with Crippen LogP contribution >= 0.6 is 0 Å². The molecule has 162 valence electrons. The molecule has 0 unspecified atom stereocenters. The van der Waals surface area contributed by atoms with E-state index in [9.17, 15) is 9.59 Å². The largest absolute Gasteiger partial charge is 0.493 e. The van der Waals surface area contributed by atoms with Crippen LogP contribution in [0.25, 0.3) is 0 Å². The normalized spacial score (nSPS) is 10.3. The summed E-state index contributed by atoms with van der Waals surface area (Å²) in [6, 6.07) is 11.2. The number of methoxy groups -OCH3 is 3. The minimum atomic E-state index is -0.0518. The summed E-state index contributed by atoms with van der Waals surface area (Å²) in [6.07, 6.45) is 2.20. The van der Waals surface area contributed by atoms with E-state index in [2.05, 4.69) is 10.6 Å². The lowest BCUT2D eigenvalue weighted by Gasteiger charge is -2.14. The van der Waals surface area contributed by atoms with Gasteiger partial charge in [-0.1, -0.05) is 19.1 Å². The molecule has 0 fully saturated rings. The summed E-state index contributed by atoms with van der Waals surface area (Å²) in [5.41, 5.74) is 2.64. The first-order valence-corrected chi connectivity index (χ1v) is 9.95. The van der Waals surface area contributed by atoms with E-state index in [-0.39, 0.29) is 11.8 Å². The van der Waals surface area contributed by atoms with Gasteiger partial charge >= 0.3 is 0 Å². The highest BCUT2D eigenvalue weighted by molar-refractivity contribution is 5.90. The fourth-order valence-corrected chi connectivity index (χ4v) is 2.98. The maximum absolute atomic E-state index is 12.3. The summed E-state index contributed by atoms with van der Waals surface area (Å²) in [5.74, 6) is 1.62. The summed E-state index contributed by atoms with van der Waals surface area (Å²) in [4.78, 5) is 23.9. The first kappa shape index (κ1) is 23.1. The third-order valence-corrected chi connectivity index (χ3v) is 4.57. The highest BCUT2D eigenvalue weighted by atomic mass is 16.5. The van der Waals surface area contributed by atoms with Crippen LogP contribution in [-0.2, 0) is 22.6 Å². The fraction of sp³-hybridized carbons (Fsp3) is 0.391. The molecule has 30 heavy (non-hydrogen) atoms. The Balaban J connectivity index is 1.86. The van der Waals surface area contributed by atoms with Gasteiger partial charge in [-0.25, -0.2) is 0 Å². The standard InChI is InChI=1S/C23H30N2O5/c1-5-6-22(27)25-18-10-7-16(8-11-18)15-24-21(26)12-9-17-13-19(28-2)23(30-4)20(14-17)29-3/h7-8,10-11,13-14H,5-6,9,12,15H2,1-4H3,(H,24,26)(H,25,27). The topological polar surface area (TPSA) is 85.9 Å². The van der Waals surface area contributed by atoms with Crippen LogP contribution in [0.3, 0.4) is 0 Å². The van der Waals surface area contributed by atoms with Crippen molar-refractivity contribution in [2.45, 2.75) is 39.2 Å². The average molecular weight is 415 g/mol. The van der Waals surface area contributed by atoms with Gasteiger partial charge < -0.3 is 24.8 Å². The predicted octanol–water partition coefficient (Wildman–Crippen LogP) is 3.70. The molecule has 2 amide bonds. The number of nitrogens with one attached hydrogen (secondary N) is 2. The Morgan fingerprint density at radius 1 is 0.833 bits per heavy atom. The molecule has 0 bridgehead atoms. The van der Waals surface area contributed by atoms with E-state index < -0.39 is 0 Å². The molecular weight excluding hydrogens is 384 g/mol. The van der Waals surface area contributed by atoms with Crippen molar-refractivity contribution < 1.29 is 23.8 Å². The Morgan fingerprint density at radius 3 is 2.00 bits per heavy atom. The molecule has 0 radical (unpaired) electrons. The summed E-state index contributed by atoms with van der Waals surface area (Å²) < 4.78 is 16.0. The van der Waals surface area contributed by atoms with Gasteiger partial charge in [-0.15, -0.1) is 0 Å². The zero-order chi connectivity index (χ0) is 21.9. The second-order valence-corrected chi connectivity index (χ2v) is 6.81. The van der Waals surface area contributed by atoms with Gasteiger partial charge in [0.25, 0.3) is 0 Å². The lowest BCUT2D eigenvalue weighted by atomic mass is 10.1. The maximum Gasteiger partial charge on any atom is 0.224 e. The van der Waals surface area contributed by atoms with Crippen molar-refractivity contribution in [3.8, 4) is 17.2 Å². The molecule has 0 heterocycles. The van der Waals surface area contributed by atoms with E-state index in [0.717, 1.165) is 23.2 Å². The number of ether oxygens (including phenoxy) is 3. The monoisotopic (exact) mass is 414 g/mol. The quantitative estimate of drug-likeness (QED) is 0.586. The maximum atomic E-state index is 12.3. The second-order valence-electron chi connectivity index (χ2n) is 6.81. The molecule has 0 saturated heterocycles. The van der Waals surface area contributed by atoms with Gasteiger partial charge in [0, 0.05) is 25.1 Å². The number of benzene rings is 2. The summed E-state index contributed by atoms with van der Waals surface area (Å²) >= 11 is 0. The molecule has 0 spiro atoms. The van der Waals surface area contributed by atoms with Crippen LogP contribution in [0.2, 0.25) is 0 Å². The van der Waals surface area contributed by atoms with Crippen molar-refractivity contribution in [3.05, 3.63) is 47.5 Å². The van der Waals surface area contributed by atoms with Crippen molar-refractivity contribution in [3.63, 3.8) is 0 Å². The number of hydrogen-bond donors (Lipinski definition) is 2. The van der Waals surface area contributed by atoms with Gasteiger partial charge in [0.1, 0.15) is 0 Å². The van der Waals surface area contributed by atoms with Crippen LogP contribution < -0.4 is 24.8 Å². The predicted molar refractivity (Wildman–Crippen MR) is 116 cm³/mol. The Labute approximate surface area is 177 Å². The molecule has 2 rings (SSSR count). The minimum absolute atomic E-state index is 0.00495. The molecule has 0 atom stereocenters. The van der Waals surface area contributed by atoms with Crippen molar-refractivity contribution in [1.82, 2.24) is 5.32 Å². The Kier molecular flexibility index (Phi) is 9.00. The van der Waals surface area contributed by atoms with Crippen LogP contribution in [0.4, 0.5) is 5.69 Å². The number of amides is 2. The minimum Gasteiger partial charge on any atom is -0.493 e. The van der Waals surface area contributed by atoms with Crippen LogP contribution in [0.5, 0.6) is 17.2 Å². The highest BCUT2D eigenvalue weighted by Crippen LogP contribution is 2.38. The van der Waals surface area contributed by atoms with Gasteiger partial charge in [-0.3, -0.25) is 9.59 Å². The summed E-state index contributed by atoms with van der Waals surface area (Å²) in [7, 11) is 4.68. The molecule has 0 aliphatic rings. The van der Waals surface area contributed by atoms with Crippen LogP contribution in [0, 0.1) is 0 Å². The number of aryl methyl sites for hydroxylation is 1. The molecular formula is C23H30N2O5. The van der Waals surface area contributed by atoms with Crippen molar-refractivity contribution >= 4 is 17.5 Å². The average Bonchev–Trinajstić information content (AvgIpc) is 2.76. The van der Waals surface area contributed by atoms with Crippen molar-refractivity contribution in [2.24, 2.45) is 0 Å². The molecule has 7 heteroatoms. The number of hydrogen-bond acceptors (Lipinski definition) is 5. The zero-order valence-corrected chi connectivity index (χ0v) is 18.0. The lowest BCUT2D eigenvalue weighted by molar-refractivity contribution is -0.121. The first-order valence-electron chi connectivity index (χ1n) is 9.95. The van der Waals surface area contributed by atoms with E-state index in [4.69, 9.17) is 14.2 Å². The Bertz CT molecular complexity index is 824. The van der Waals surface area contributed by atoms with Gasteiger partial charge in [0.05, 0.1) is 21.3 Å². The molecule has 7 nitrogen and oxygen atoms in total. The fourth-order valence-electron chi connectivity index (χ4n) is 2.98. The summed E-state index contributed by atoms with van der Waals surface area (Å²) in [6.45, 7) is 2.39. The Hall–Kier alpha value is -3.22. The Morgan fingerprint density at radius 2 is 1.47 bits per heavy atom. The van der Waals surface area contributed by atoms with Gasteiger partial charge in [0.15, 0.2) is 11.5 Å². The molecule has 0 aromatic heterocycles. The van der Waals surface area contributed by atoms with E-state index in [0.29, 0.717) is 43.1 Å². The second kappa shape index (κ2) is 11.7. The number of anilines is 1. The van der Waals surface area contributed by atoms with E-state index in [1.165, 1.54) is 0 Å². The molecule has 2 N–H and O–H groups in total. The van der Waals surface area contributed by atoms with Gasteiger partial charge in [0.2, 0.25) is 17.6 Å². The summed E-state index contributed by atoms with van der Waals surface area (Å²) in [5, 5.41) is 5.76. The zero-order valence-electron chi connectivity index (χ0n) is 18.0. The lowest BCUT2D eigenvalue weighted by Crippen LogP contribution is -2.23. The van der Waals surface area contributed by atoms with Crippen molar-refractivity contribution in [1.29, 1.82) is 0 Å². The molecule has 0 saturated carbocycles. The van der Waals surface area contributed by atoms with Gasteiger partial charge in [-0.05, 0) is 48.2 Å². The van der Waals surface area contributed by atoms with Crippen LogP contribution in [-0.4, -0.2) is 33.1 Å². The number of rotatable bonds is 11. The highest BCUT2D eigenvalue weighted by Gasteiger charge is 2.14. The SMILES string of the molecule is CCCC(=O)Nc1ccc(CNC(=O)CCc2cc(OC)c(OC)c(OC)c2)cc1. The number of carbonyl (C=O) groups is 2. The van der Waals surface area contributed by atoms with E-state index in [1.54, 1.807) is 21.3 Å². The third kappa shape index (κ3) is 6.69. The van der Waals surface area contributed by atoms with E-state index in [1.807, 2.05) is 43.3 Å². The number of carbonyl (C=O) groups excluding carboxylic acids is 2. The smallest absolute Gasteiger partial charge is 0.224 e.